The van der Waals surface area contributed by atoms with E-state index >= 15 is 0 Å². The second kappa shape index (κ2) is 13.1. The summed E-state index contributed by atoms with van der Waals surface area (Å²) in [6, 6.07) is 16.7. The highest BCUT2D eigenvalue weighted by molar-refractivity contribution is 8.03. The molecule has 0 unspecified atom stereocenters. The zero-order chi connectivity index (χ0) is 29.7. The SMILES string of the molecule is CCOC(=O)C1(C(=O)OCC)CC(/C=C/c2sc3ccccc3[n+]2CC)=CC(=C/C=C2\Sc3ccccc3N2CC)/C1. The van der Waals surface area contributed by atoms with E-state index in [1.165, 1.54) is 20.8 Å². The van der Waals surface area contributed by atoms with Crippen molar-refractivity contribution in [2.45, 2.75) is 52.0 Å². The molecule has 1 aromatic heterocycles. The van der Waals surface area contributed by atoms with Crippen LogP contribution in [0.3, 0.4) is 0 Å². The maximum absolute atomic E-state index is 13.5. The van der Waals surface area contributed by atoms with Gasteiger partial charge in [0.1, 0.15) is 11.2 Å². The molecule has 0 atom stereocenters. The summed E-state index contributed by atoms with van der Waals surface area (Å²) >= 11 is 3.45. The number of esters is 2. The molecule has 0 fully saturated rings. The lowest BCUT2D eigenvalue weighted by Gasteiger charge is -2.33. The molecule has 0 radical (unpaired) electrons. The van der Waals surface area contributed by atoms with E-state index in [2.05, 4.69) is 90.1 Å². The second-order valence-corrected chi connectivity index (χ2v) is 12.3. The Kier molecular flexibility index (Phi) is 9.34. The lowest BCUT2D eigenvalue weighted by atomic mass is 9.71. The van der Waals surface area contributed by atoms with E-state index in [9.17, 15) is 9.59 Å². The van der Waals surface area contributed by atoms with Crippen molar-refractivity contribution >= 4 is 57.0 Å². The molecule has 0 saturated heterocycles. The van der Waals surface area contributed by atoms with Gasteiger partial charge in [0, 0.05) is 23.6 Å². The second-order valence-electron chi connectivity index (χ2n) is 10.1. The van der Waals surface area contributed by atoms with Crippen LogP contribution in [0.25, 0.3) is 16.3 Å². The van der Waals surface area contributed by atoms with E-state index in [-0.39, 0.29) is 26.1 Å². The fourth-order valence-corrected chi connectivity index (χ4v) is 7.84. The van der Waals surface area contributed by atoms with Gasteiger partial charge in [-0.05, 0) is 76.0 Å². The van der Waals surface area contributed by atoms with Gasteiger partial charge in [-0.1, -0.05) is 65.6 Å². The summed E-state index contributed by atoms with van der Waals surface area (Å²) in [5, 5.41) is 2.21. The molecular formula is C34H37N2O4S2+. The predicted octanol–water partition coefficient (Wildman–Crippen LogP) is 7.45. The highest BCUT2D eigenvalue weighted by Crippen LogP contribution is 2.46. The lowest BCUT2D eigenvalue weighted by molar-refractivity contribution is -0.665. The molecule has 0 spiro atoms. The standard InChI is InChI=1S/C34H37N2O4S2/c1-5-35-26-13-9-11-15-28(26)41-30(35)19-17-24-21-25(23-34(22-24,32(37)39-7-3)33(38)40-8-4)18-20-31-36(6-2)27-14-10-12-16-29(27)42-31/h9-21H,5-8,22-23H2,1-4H3/q+1. The molecule has 2 aliphatic rings. The summed E-state index contributed by atoms with van der Waals surface area (Å²) < 4.78 is 14.5. The Balaban J connectivity index is 1.56. The van der Waals surface area contributed by atoms with Crippen LogP contribution in [-0.2, 0) is 25.6 Å². The van der Waals surface area contributed by atoms with Crippen LogP contribution in [-0.4, -0.2) is 31.7 Å². The summed E-state index contributed by atoms with van der Waals surface area (Å²) in [5.41, 5.74) is 2.69. The van der Waals surface area contributed by atoms with Crippen molar-refractivity contribution in [2.75, 3.05) is 24.7 Å². The Morgan fingerprint density at radius 3 is 2.36 bits per heavy atom. The number of allylic oxidation sites excluding steroid dienone is 6. The number of anilines is 1. The van der Waals surface area contributed by atoms with Gasteiger partial charge in [0.2, 0.25) is 5.52 Å². The van der Waals surface area contributed by atoms with Crippen molar-refractivity contribution in [3.05, 3.63) is 94.0 Å². The summed E-state index contributed by atoms with van der Waals surface area (Å²) in [5.74, 6) is -1.08. The summed E-state index contributed by atoms with van der Waals surface area (Å²) in [6.07, 6.45) is 10.8. The van der Waals surface area contributed by atoms with Crippen LogP contribution in [0.5, 0.6) is 0 Å². The van der Waals surface area contributed by atoms with Crippen LogP contribution in [0.15, 0.2) is 93.9 Å². The highest BCUT2D eigenvalue weighted by atomic mass is 32.2. The summed E-state index contributed by atoms with van der Waals surface area (Å²) in [6.45, 7) is 9.85. The molecule has 3 aromatic rings. The molecule has 0 amide bonds. The highest BCUT2D eigenvalue weighted by Gasteiger charge is 2.51. The van der Waals surface area contributed by atoms with Gasteiger partial charge in [-0.15, -0.1) is 0 Å². The van der Waals surface area contributed by atoms with Crippen LogP contribution in [0, 0.1) is 5.41 Å². The van der Waals surface area contributed by atoms with Crippen molar-refractivity contribution in [3.63, 3.8) is 0 Å². The van der Waals surface area contributed by atoms with Gasteiger partial charge in [-0.2, -0.15) is 4.57 Å². The van der Waals surface area contributed by atoms with E-state index in [0.29, 0.717) is 0 Å². The number of ether oxygens (including phenoxy) is 2. The smallest absolute Gasteiger partial charge is 0.324 e. The van der Waals surface area contributed by atoms with Gasteiger partial charge in [0.15, 0.2) is 5.41 Å². The number of hydrogen-bond donors (Lipinski definition) is 0. The first-order valence-corrected chi connectivity index (χ1v) is 16.2. The number of rotatable bonds is 9. The Labute approximate surface area is 256 Å². The third kappa shape index (κ3) is 5.83. The normalized spacial score (nSPS) is 18.1. The minimum absolute atomic E-state index is 0.191. The zero-order valence-corrected chi connectivity index (χ0v) is 26.2. The summed E-state index contributed by atoms with van der Waals surface area (Å²) in [4.78, 5) is 30.5. The Hall–Kier alpha value is -3.62. The van der Waals surface area contributed by atoms with Gasteiger partial charge in [0.25, 0.3) is 5.01 Å². The molecule has 0 N–H and O–H groups in total. The molecule has 5 rings (SSSR count). The third-order valence-electron chi connectivity index (χ3n) is 7.50. The number of carbonyl (C=O) groups excluding carboxylic acids is 2. The van der Waals surface area contributed by atoms with Crippen molar-refractivity contribution in [1.29, 1.82) is 0 Å². The van der Waals surface area contributed by atoms with Crippen LogP contribution in [0.2, 0.25) is 0 Å². The molecule has 0 bridgehead atoms. The average molecular weight is 602 g/mol. The van der Waals surface area contributed by atoms with Gasteiger partial charge in [0.05, 0.1) is 23.9 Å². The van der Waals surface area contributed by atoms with Crippen molar-refractivity contribution in [1.82, 2.24) is 0 Å². The van der Waals surface area contributed by atoms with Crippen molar-refractivity contribution in [2.24, 2.45) is 5.41 Å². The monoisotopic (exact) mass is 601 g/mol. The number of thiazole rings is 1. The Bertz CT molecular complexity index is 1600. The van der Waals surface area contributed by atoms with Gasteiger partial charge >= 0.3 is 11.9 Å². The number of thioether (sulfide) groups is 1. The molecule has 1 aliphatic heterocycles. The molecule has 0 saturated carbocycles. The number of benzene rings is 2. The van der Waals surface area contributed by atoms with Gasteiger partial charge in [-0.25, -0.2) is 0 Å². The number of carbonyl (C=O) groups is 2. The number of aromatic nitrogens is 1. The molecule has 8 heteroatoms. The summed E-state index contributed by atoms with van der Waals surface area (Å²) in [7, 11) is 0. The molecule has 218 valence electrons. The zero-order valence-electron chi connectivity index (χ0n) is 24.6. The maximum Gasteiger partial charge on any atom is 0.324 e. The third-order valence-corrected chi connectivity index (χ3v) is 9.76. The number of fused-ring (bicyclic) bond motifs is 2. The lowest BCUT2D eigenvalue weighted by Crippen LogP contribution is -2.44. The van der Waals surface area contributed by atoms with E-state index in [1.807, 2.05) is 12.2 Å². The minimum Gasteiger partial charge on any atom is -0.465 e. The first kappa shape index (κ1) is 29.9. The largest absolute Gasteiger partial charge is 0.465 e. The minimum atomic E-state index is -1.44. The number of nitrogens with zero attached hydrogens (tertiary/aromatic N) is 2. The molecule has 1 aliphatic carbocycles. The Morgan fingerprint density at radius 2 is 1.64 bits per heavy atom. The molecule has 6 nitrogen and oxygen atoms in total. The predicted molar refractivity (Wildman–Crippen MR) is 171 cm³/mol. The first-order chi connectivity index (χ1) is 20.4. The van der Waals surface area contributed by atoms with Crippen molar-refractivity contribution < 1.29 is 23.6 Å². The van der Waals surface area contributed by atoms with Gasteiger partial charge < -0.3 is 14.4 Å². The van der Waals surface area contributed by atoms with Crippen LogP contribution < -0.4 is 9.47 Å². The van der Waals surface area contributed by atoms with E-state index < -0.39 is 17.4 Å². The number of aryl methyl sites for hydroxylation is 1. The molecule has 2 heterocycles. The van der Waals surface area contributed by atoms with Crippen LogP contribution in [0.1, 0.15) is 45.5 Å². The van der Waals surface area contributed by atoms with E-state index in [0.717, 1.165) is 34.3 Å². The van der Waals surface area contributed by atoms with Crippen molar-refractivity contribution in [3.8, 4) is 0 Å². The quantitative estimate of drug-likeness (QED) is 0.144. The Morgan fingerprint density at radius 1 is 0.929 bits per heavy atom. The first-order valence-electron chi connectivity index (χ1n) is 14.5. The fraction of sp³-hybridized carbons (Fsp3) is 0.324. The van der Waals surface area contributed by atoms with Gasteiger partial charge in [-0.3, -0.25) is 9.59 Å². The number of hydrogen-bond acceptors (Lipinski definition) is 7. The average Bonchev–Trinajstić information content (AvgIpc) is 3.56. The maximum atomic E-state index is 13.5. The molecule has 42 heavy (non-hydrogen) atoms. The topological polar surface area (TPSA) is 59.7 Å². The molecule has 2 aromatic carbocycles. The number of para-hydroxylation sites is 2. The molecular weight excluding hydrogens is 565 g/mol. The fourth-order valence-electron chi connectivity index (χ4n) is 5.59. The van der Waals surface area contributed by atoms with Crippen LogP contribution >= 0.6 is 23.1 Å². The van der Waals surface area contributed by atoms with E-state index in [4.69, 9.17) is 9.47 Å². The van der Waals surface area contributed by atoms with E-state index in [1.54, 1.807) is 36.9 Å². The van der Waals surface area contributed by atoms with Crippen LogP contribution in [0.4, 0.5) is 5.69 Å².